The zero-order chi connectivity index (χ0) is 18.0. The van der Waals surface area contributed by atoms with E-state index in [-0.39, 0.29) is 11.2 Å². The molecule has 134 valence electrons. The second-order valence-corrected chi connectivity index (χ2v) is 10.8. The van der Waals surface area contributed by atoms with Gasteiger partial charge < -0.3 is 5.11 Å². The number of hydrogen-bond donors (Lipinski definition) is 1. The van der Waals surface area contributed by atoms with Crippen molar-refractivity contribution in [2.24, 2.45) is 22.7 Å². The number of thioether (sulfide) groups is 1. The first-order valence-corrected chi connectivity index (χ1v) is 10.6. The largest absolute Gasteiger partial charge is 0.508 e. The summed E-state index contributed by atoms with van der Waals surface area (Å²) in [6.07, 6.45) is 6.40. The van der Waals surface area contributed by atoms with Crippen LogP contribution in [0, 0.1) is 34.0 Å². The van der Waals surface area contributed by atoms with Crippen LogP contribution in [0.4, 0.5) is 0 Å². The van der Waals surface area contributed by atoms with Crippen molar-refractivity contribution in [2.45, 2.75) is 70.1 Å². The second-order valence-electron chi connectivity index (χ2n) is 9.70. The summed E-state index contributed by atoms with van der Waals surface area (Å²) in [6, 6.07) is 5.93. The van der Waals surface area contributed by atoms with Gasteiger partial charge in [-0.25, -0.2) is 0 Å². The molecule has 0 bridgehead atoms. The van der Waals surface area contributed by atoms with Gasteiger partial charge in [0.15, 0.2) is 0 Å². The zero-order valence-electron chi connectivity index (χ0n) is 15.9. The van der Waals surface area contributed by atoms with E-state index in [0.29, 0.717) is 22.3 Å². The highest BCUT2D eigenvalue weighted by Crippen LogP contribution is 2.67. The van der Waals surface area contributed by atoms with E-state index in [1.165, 1.54) is 31.2 Å². The van der Waals surface area contributed by atoms with Crippen LogP contribution >= 0.6 is 11.8 Å². The van der Waals surface area contributed by atoms with Crippen molar-refractivity contribution in [2.75, 3.05) is 5.75 Å². The molecule has 0 amide bonds. The van der Waals surface area contributed by atoms with Crippen molar-refractivity contribution in [3.63, 3.8) is 0 Å². The zero-order valence-corrected chi connectivity index (χ0v) is 16.7. The van der Waals surface area contributed by atoms with Crippen LogP contribution in [0.5, 0.6) is 5.75 Å². The summed E-state index contributed by atoms with van der Waals surface area (Å²) in [5.74, 6) is 2.72. The minimum Gasteiger partial charge on any atom is -0.508 e. The molecule has 2 fully saturated rings. The average molecular weight is 356 g/mol. The van der Waals surface area contributed by atoms with E-state index in [2.05, 4.69) is 33.8 Å². The Hall–Kier alpha value is -1.14. The predicted molar refractivity (Wildman–Crippen MR) is 103 cm³/mol. The van der Waals surface area contributed by atoms with Gasteiger partial charge >= 0.3 is 0 Å². The third-order valence-corrected chi connectivity index (χ3v) is 9.11. The van der Waals surface area contributed by atoms with Gasteiger partial charge in [0.05, 0.1) is 11.6 Å². The fourth-order valence-corrected chi connectivity index (χ4v) is 8.67. The van der Waals surface area contributed by atoms with Gasteiger partial charge in [0.2, 0.25) is 0 Å². The second kappa shape index (κ2) is 5.43. The average Bonchev–Trinajstić information content (AvgIpc) is 2.52. The van der Waals surface area contributed by atoms with Crippen LogP contribution in [0.1, 0.15) is 70.9 Å². The molecule has 0 radical (unpaired) electrons. The number of phenols is 1. The van der Waals surface area contributed by atoms with Gasteiger partial charge in [0.1, 0.15) is 5.75 Å². The molecule has 0 saturated heterocycles. The van der Waals surface area contributed by atoms with Gasteiger partial charge in [0.25, 0.3) is 0 Å². The molecular formula is C22H29NOS. The maximum atomic E-state index is 10.0. The van der Waals surface area contributed by atoms with Gasteiger partial charge in [0, 0.05) is 10.6 Å². The molecule has 1 N–H and O–H groups in total. The predicted octanol–water partition coefficient (Wildman–Crippen LogP) is 5.87. The molecule has 0 spiro atoms. The third-order valence-electron chi connectivity index (χ3n) is 7.98. The minimum absolute atomic E-state index is 0.0536. The molecule has 25 heavy (non-hydrogen) atoms. The summed E-state index contributed by atoms with van der Waals surface area (Å²) in [6.45, 7) is 9.89. The number of fused-ring (bicyclic) bond motifs is 5. The molecule has 4 atom stereocenters. The van der Waals surface area contributed by atoms with Gasteiger partial charge in [-0.2, -0.15) is 5.26 Å². The molecule has 2 saturated carbocycles. The van der Waals surface area contributed by atoms with Gasteiger partial charge in [-0.15, -0.1) is 11.8 Å². The minimum atomic E-state index is 0.0536. The van der Waals surface area contributed by atoms with E-state index in [1.807, 2.05) is 17.8 Å². The van der Waals surface area contributed by atoms with Crippen molar-refractivity contribution in [3.8, 4) is 11.8 Å². The Bertz CT molecular complexity index is 764. The highest BCUT2D eigenvalue weighted by atomic mass is 32.2. The third kappa shape index (κ3) is 2.29. The van der Waals surface area contributed by atoms with E-state index in [1.54, 1.807) is 6.07 Å². The van der Waals surface area contributed by atoms with E-state index < -0.39 is 0 Å². The molecule has 1 aromatic rings. The fourth-order valence-electron chi connectivity index (χ4n) is 6.89. The lowest BCUT2D eigenvalue weighted by atomic mass is 9.42. The van der Waals surface area contributed by atoms with Crippen molar-refractivity contribution in [1.29, 1.82) is 5.26 Å². The molecule has 2 nitrogen and oxygen atoms in total. The van der Waals surface area contributed by atoms with Crippen LogP contribution < -0.4 is 0 Å². The maximum absolute atomic E-state index is 10.0. The van der Waals surface area contributed by atoms with Crippen LogP contribution in [0.3, 0.4) is 0 Å². The number of aromatic hydroxyl groups is 1. The fraction of sp³-hybridized carbons (Fsp3) is 0.682. The van der Waals surface area contributed by atoms with Crippen LogP contribution in [-0.2, 0) is 5.41 Å². The Morgan fingerprint density at radius 1 is 1.12 bits per heavy atom. The molecule has 3 aliphatic rings. The highest BCUT2D eigenvalue weighted by molar-refractivity contribution is 7.99. The standard InChI is InChI=1S/C22H29NOS/c1-20(2)7-5-8-21(3)17(20)6-9-22(4)18(21)13-25-16-11-15(24)10-14(12-23)19(16)22/h10-11,17-18,24H,5-9,13H2,1-4H3. The Morgan fingerprint density at radius 3 is 2.60 bits per heavy atom. The Balaban J connectivity index is 1.86. The molecule has 4 rings (SSSR count). The maximum Gasteiger partial charge on any atom is 0.118 e. The van der Waals surface area contributed by atoms with Crippen molar-refractivity contribution >= 4 is 11.8 Å². The van der Waals surface area contributed by atoms with Gasteiger partial charge in [-0.3, -0.25) is 0 Å². The number of rotatable bonds is 0. The SMILES string of the molecule is CC1(C)CCCC2(C)C1CCC1(C)c3c(C#N)cc(O)cc3SCC12. The molecule has 0 aromatic heterocycles. The molecule has 1 heterocycles. The van der Waals surface area contributed by atoms with Gasteiger partial charge in [-0.05, 0) is 71.5 Å². The summed E-state index contributed by atoms with van der Waals surface area (Å²) < 4.78 is 0. The normalized spacial score (nSPS) is 38.8. The number of nitriles is 1. The Labute approximate surface area is 156 Å². The monoisotopic (exact) mass is 355 g/mol. The molecule has 1 aliphatic heterocycles. The van der Waals surface area contributed by atoms with Gasteiger partial charge in [-0.1, -0.05) is 34.1 Å². The lowest BCUT2D eigenvalue weighted by Crippen LogP contribution is -2.58. The summed E-state index contributed by atoms with van der Waals surface area (Å²) in [7, 11) is 0. The Morgan fingerprint density at radius 2 is 1.88 bits per heavy atom. The lowest BCUT2D eigenvalue weighted by molar-refractivity contribution is -0.0974. The molecule has 2 aliphatic carbocycles. The summed E-state index contributed by atoms with van der Waals surface area (Å²) in [4.78, 5) is 1.13. The first-order chi connectivity index (χ1) is 11.7. The van der Waals surface area contributed by atoms with E-state index in [4.69, 9.17) is 0 Å². The van der Waals surface area contributed by atoms with Crippen LogP contribution in [-0.4, -0.2) is 10.9 Å². The molecule has 4 unspecified atom stereocenters. The topological polar surface area (TPSA) is 44.0 Å². The molecular weight excluding hydrogens is 326 g/mol. The van der Waals surface area contributed by atoms with Crippen molar-refractivity contribution < 1.29 is 5.11 Å². The summed E-state index contributed by atoms with van der Waals surface area (Å²) in [5.41, 5.74) is 2.73. The number of nitrogens with zero attached hydrogens (tertiary/aromatic N) is 1. The van der Waals surface area contributed by atoms with E-state index >= 15 is 0 Å². The van der Waals surface area contributed by atoms with E-state index in [9.17, 15) is 10.4 Å². The highest BCUT2D eigenvalue weighted by Gasteiger charge is 2.60. The van der Waals surface area contributed by atoms with Crippen LogP contribution in [0.2, 0.25) is 0 Å². The smallest absolute Gasteiger partial charge is 0.118 e. The summed E-state index contributed by atoms with van der Waals surface area (Å²) in [5, 5.41) is 19.8. The summed E-state index contributed by atoms with van der Waals surface area (Å²) >= 11 is 1.86. The lowest BCUT2D eigenvalue weighted by Gasteiger charge is -2.64. The molecule has 1 aromatic carbocycles. The Kier molecular flexibility index (Phi) is 3.75. The number of benzene rings is 1. The first-order valence-electron chi connectivity index (χ1n) is 9.63. The number of hydrogen-bond acceptors (Lipinski definition) is 3. The molecule has 3 heteroatoms. The van der Waals surface area contributed by atoms with Crippen molar-refractivity contribution in [1.82, 2.24) is 0 Å². The van der Waals surface area contributed by atoms with Crippen LogP contribution in [0.15, 0.2) is 17.0 Å². The number of phenolic OH excluding ortho intramolecular Hbond substituents is 1. The van der Waals surface area contributed by atoms with E-state index in [0.717, 1.165) is 23.0 Å². The first kappa shape index (κ1) is 17.3. The van der Waals surface area contributed by atoms with Crippen LogP contribution in [0.25, 0.3) is 0 Å². The van der Waals surface area contributed by atoms with Crippen molar-refractivity contribution in [3.05, 3.63) is 23.3 Å². The quantitative estimate of drug-likeness (QED) is 0.633.